The Morgan fingerprint density at radius 3 is 2.14 bits per heavy atom. The van der Waals surface area contributed by atoms with Gasteiger partial charge in [0, 0.05) is 0 Å². The summed E-state index contributed by atoms with van der Waals surface area (Å²) in [5.41, 5.74) is -1.49. The lowest BCUT2D eigenvalue weighted by Crippen LogP contribution is -2.55. The van der Waals surface area contributed by atoms with Crippen LogP contribution in [0.4, 0.5) is 0 Å². The summed E-state index contributed by atoms with van der Waals surface area (Å²) in [6.07, 6.45) is 2.72. The second-order valence-electron chi connectivity index (χ2n) is 5.10. The van der Waals surface area contributed by atoms with Crippen molar-refractivity contribution in [2.75, 3.05) is 0 Å². The van der Waals surface area contributed by atoms with Gasteiger partial charge in [-0.3, -0.25) is 4.79 Å². The van der Waals surface area contributed by atoms with Gasteiger partial charge in [-0.05, 0) is 25.0 Å². The number of carbonyl (C=O) groups is 1. The van der Waals surface area contributed by atoms with Gasteiger partial charge in [-0.25, -0.2) is 8.42 Å². The fraction of sp³-hybridized carbons (Fsp3) is 0.462. The zero-order valence-corrected chi connectivity index (χ0v) is 13.4. The lowest BCUT2D eigenvalue weighted by atomic mass is 9.83. The molecule has 0 saturated heterocycles. The molecule has 0 heterocycles. The zero-order chi connectivity index (χ0) is 15.7. The van der Waals surface area contributed by atoms with Crippen LogP contribution in [0.1, 0.15) is 32.1 Å². The van der Waals surface area contributed by atoms with Gasteiger partial charge in [0.05, 0.1) is 10.0 Å². The number of sulfonamides is 1. The molecule has 0 unspecified atom stereocenters. The van der Waals surface area contributed by atoms with Crippen molar-refractivity contribution in [1.29, 1.82) is 0 Å². The first-order valence-corrected chi connectivity index (χ1v) is 8.74. The first-order chi connectivity index (χ1) is 9.78. The summed E-state index contributed by atoms with van der Waals surface area (Å²) < 4.78 is 27.3. The minimum absolute atomic E-state index is 0.0358. The fourth-order valence-electron chi connectivity index (χ4n) is 2.56. The molecule has 0 aromatic heterocycles. The van der Waals surface area contributed by atoms with Gasteiger partial charge in [-0.1, -0.05) is 48.5 Å². The molecule has 1 fully saturated rings. The monoisotopic (exact) mass is 351 g/mol. The number of nitrogens with one attached hydrogen (secondary N) is 1. The topological polar surface area (TPSA) is 83.5 Å². The van der Waals surface area contributed by atoms with Crippen molar-refractivity contribution in [2.24, 2.45) is 0 Å². The minimum Gasteiger partial charge on any atom is -0.480 e. The maximum atomic E-state index is 12.5. The number of hydrogen-bond donors (Lipinski definition) is 2. The van der Waals surface area contributed by atoms with E-state index in [-0.39, 0.29) is 27.8 Å². The van der Waals surface area contributed by atoms with E-state index in [4.69, 9.17) is 23.2 Å². The average molecular weight is 352 g/mol. The van der Waals surface area contributed by atoms with E-state index in [0.717, 1.165) is 6.42 Å². The summed E-state index contributed by atoms with van der Waals surface area (Å²) >= 11 is 11.8. The van der Waals surface area contributed by atoms with Crippen LogP contribution in [0.2, 0.25) is 10.0 Å². The van der Waals surface area contributed by atoms with Crippen molar-refractivity contribution < 1.29 is 18.3 Å². The average Bonchev–Trinajstić information content (AvgIpc) is 2.38. The predicted octanol–water partition coefficient (Wildman–Crippen LogP) is 3.06. The molecule has 1 aromatic rings. The van der Waals surface area contributed by atoms with Crippen molar-refractivity contribution in [2.45, 2.75) is 42.5 Å². The largest absolute Gasteiger partial charge is 0.480 e. The third-order valence-electron chi connectivity index (χ3n) is 3.63. The summed E-state index contributed by atoms with van der Waals surface area (Å²) in [5, 5.41) is 9.37. The number of benzene rings is 1. The number of carboxylic acid groups (broad SMARTS) is 1. The van der Waals surface area contributed by atoms with E-state index in [0.29, 0.717) is 12.8 Å². The van der Waals surface area contributed by atoms with Crippen molar-refractivity contribution in [3.05, 3.63) is 28.2 Å². The summed E-state index contributed by atoms with van der Waals surface area (Å²) in [5.74, 6) is -1.17. The van der Waals surface area contributed by atoms with E-state index >= 15 is 0 Å². The molecule has 2 rings (SSSR count). The maximum Gasteiger partial charge on any atom is 0.324 e. The van der Waals surface area contributed by atoms with Crippen LogP contribution in [0, 0.1) is 0 Å². The standard InChI is InChI=1S/C13H15Cl2NO4S/c14-9-5-4-6-10(15)11(9)21(19,20)16-13(12(17)18)7-2-1-3-8-13/h4-6,16H,1-3,7-8H2,(H,17,18). The quantitative estimate of drug-likeness (QED) is 0.872. The molecule has 21 heavy (non-hydrogen) atoms. The van der Waals surface area contributed by atoms with Gasteiger partial charge in [-0.2, -0.15) is 4.72 Å². The summed E-state index contributed by atoms with van der Waals surface area (Å²) in [6, 6.07) is 4.32. The summed E-state index contributed by atoms with van der Waals surface area (Å²) in [4.78, 5) is 11.3. The van der Waals surface area contributed by atoms with E-state index in [1.165, 1.54) is 18.2 Å². The summed E-state index contributed by atoms with van der Waals surface area (Å²) in [6.45, 7) is 0. The molecule has 0 bridgehead atoms. The number of halogens is 2. The SMILES string of the molecule is O=C(O)C1(NS(=O)(=O)c2c(Cl)cccc2Cl)CCCCC1. The molecule has 1 aliphatic rings. The molecular formula is C13H15Cl2NO4S. The van der Waals surface area contributed by atoms with Crippen LogP contribution in [-0.2, 0) is 14.8 Å². The van der Waals surface area contributed by atoms with Crippen LogP contribution in [0.15, 0.2) is 23.1 Å². The Labute approximate surface area is 133 Å². The van der Waals surface area contributed by atoms with Crippen molar-refractivity contribution in [1.82, 2.24) is 4.72 Å². The lowest BCUT2D eigenvalue weighted by Gasteiger charge is -2.33. The molecule has 0 radical (unpaired) electrons. The molecule has 1 aliphatic carbocycles. The Bertz CT molecular complexity index is 634. The Morgan fingerprint density at radius 1 is 1.14 bits per heavy atom. The van der Waals surface area contributed by atoms with E-state index in [9.17, 15) is 18.3 Å². The predicted molar refractivity (Wildman–Crippen MR) is 80.2 cm³/mol. The van der Waals surface area contributed by atoms with Gasteiger partial charge < -0.3 is 5.11 Å². The Kier molecular flexibility index (Phi) is 4.82. The Morgan fingerprint density at radius 2 is 1.67 bits per heavy atom. The fourth-order valence-corrected chi connectivity index (χ4v) is 5.13. The summed E-state index contributed by atoms with van der Waals surface area (Å²) in [7, 11) is -4.12. The van der Waals surface area contributed by atoms with Crippen molar-refractivity contribution in [3.63, 3.8) is 0 Å². The van der Waals surface area contributed by atoms with Crippen LogP contribution >= 0.6 is 23.2 Å². The van der Waals surface area contributed by atoms with Crippen molar-refractivity contribution >= 4 is 39.2 Å². The normalized spacial score (nSPS) is 18.4. The molecule has 0 aliphatic heterocycles. The number of rotatable bonds is 4. The maximum absolute atomic E-state index is 12.5. The molecule has 0 atom stereocenters. The van der Waals surface area contributed by atoms with Crippen LogP contribution < -0.4 is 4.72 Å². The smallest absolute Gasteiger partial charge is 0.324 e. The van der Waals surface area contributed by atoms with Gasteiger partial charge in [-0.15, -0.1) is 0 Å². The van der Waals surface area contributed by atoms with Gasteiger partial charge >= 0.3 is 5.97 Å². The molecular weight excluding hydrogens is 337 g/mol. The Hall–Kier alpha value is -0.820. The minimum atomic E-state index is -4.12. The van der Waals surface area contributed by atoms with Crippen LogP contribution in [0.5, 0.6) is 0 Å². The van der Waals surface area contributed by atoms with E-state index in [1.807, 2.05) is 0 Å². The number of aliphatic carboxylic acids is 1. The van der Waals surface area contributed by atoms with Crippen LogP contribution in [-0.4, -0.2) is 25.0 Å². The number of carboxylic acids is 1. The second kappa shape index (κ2) is 6.12. The first kappa shape index (κ1) is 16.5. The lowest BCUT2D eigenvalue weighted by molar-refractivity contribution is -0.145. The molecule has 0 spiro atoms. The second-order valence-corrected chi connectivity index (χ2v) is 7.54. The third-order valence-corrected chi connectivity index (χ3v) is 6.12. The highest BCUT2D eigenvalue weighted by Crippen LogP contribution is 2.34. The molecule has 116 valence electrons. The molecule has 8 heteroatoms. The molecule has 1 aromatic carbocycles. The molecule has 1 saturated carbocycles. The highest BCUT2D eigenvalue weighted by atomic mass is 35.5. The molecule has 0 amide bonds. The third kappa shape index (κ3) is 3.34. The van der Waals surface area contributed by atoms with Gasteiger partial charge in [0.1, 0.15) is 10.4 Å². The van der Waals surface area contributed by atoms with Crippen LogP contribution in [0.25, 0.3) is 0 Å². The first-order valence-electron chi connectivity index (χ1n) is 6.50. The van der Waals surface area contributed by atoms with E-state index < -0.39 is 21.5 Å². The molecule has 5 nitrogen and oxygen atoms in total. The molecule has 2 N–H and O–H groups in total. The van der Waals surface area contributed by atoms with E-state index in [1.54, 1.807) is 0 Å². The van der Waals surface area contributed by atoms with E-state index in [2.05, 4.69) is 4.72 Å². The van der Waals surface area contributed by atoms with Crippen molar-refractivity contribution in [3.8, 4) is 0 Å². The zero-order valence-electron chi connectivity index (χ0n) is 11.1. The highest BCUT2D eigenvalue weighted by molar-refractivity contribution is 7.89. The highest BCUT2D eigenvalue weighted by Gasteiger charge is 2.44. The Balaban J connectivity index is 2.42. The van der Waals surface area contributed by atoms with Gasteiger partial charge in [0.15, 0.2) is 0 Å². The van der Waals surface area contributed by atoms with Gasteiger partial charge in [0.25, 0.3) is 0 Å². The van der Waals surface area contributed by atoms with Gasteiger partial charge in [0.2, 0.25) is 10.0 Å². The van der Waals surface area contributed by atoms with Crippen LogP contribution in [0.3, 0.4) is 0 Å². The number of hydrogen-bond acceptors (Lipinski definition) is 3.